The van der Waals surface area contributed by atoms with Gasteiger partial charge in [-0.3, -0.25) is 9.59 Å². The number of amides is 2. The maximum atomic E-state index is 12.7. The van der Waals surface area contributed by atoms with Crippen molar-refractivity contribution in [2.75, 3.05) is 19.5 Å². The van der Waals surface area contributed by atoms with Crippen LogP contribution in [0.15, 0.2) is 42.5 Å². The summed E-state index contributed by atoms with van der Waals surface area (Å²) in [6.07, 6.45) is 0.332. The van der Waals surface area contributed by atoms with Gasteiger partial charge in [0, 0.05) is 31.3 Å². The molecule has 28 heavy (non-hydrogen) atoms. The number of hydrogen-bond acceptors (Lipinski definition) is 4. The number of benzene rings is 2. The van der Waals surface area contributed by atoms with E-state index in [0.29, 0.717) is 23.2 Å². The smallest absolute Gasteiger partial charge is 0.387 e. The van der Waals surface area contributed by atoms with E-state index in [1.807, 2.05) is 0 Å². The lowest BCUT2D eigenvalue weighted by Gasteiger charge is -2.19. The van der Waals surface area contributed by atoms with Gasteiger partial charge in [-0.05, 0) is 35.9 Å². The van der Waals surface area contributed by atoms with E-state index in [4.69, 9.17) is 4.74 Å². The number of rotatable bonds is 8. The zero-order chi connectivity index (χ0) is 20.7. The van der Waals surface area contributed by atoms with Gasteiger partial charge < -0.3 is 19.7 Å². The molecule has 6 nitrogen and oxygen atoms in total. The van der Waals surface area contributed by atoms with Crippen molar-refractivity contribution in [3.8, 4) is 11.5 Å². The summed E-state index contributed by atoms with van der Waals surface area (Å²) >= 11 is 0. The van der Waals surface area contributed by atoms with Crippen molar-refractivity contribution >= 4 is 17.5 Å². The maximum absolute atomic E-state index is 12.7. The molecule has 0 radical (unpaired) electrons. The average molecular weight is 392 g/mol. The van der Waals surface area contributed by atoms with E-state index in [9.17, 15) is 18.4 Å². The Balaban J connectivity index is 2.14. The highest BCUT2D eigenvalue weighted by atomic mass is 19.3. The van der Waals surface area contributed by atoms with E-state index in [1.54, 1.807) is 44.3 Å². The number of nitrogens with zero attached hydrogens (tertiary/aromatic N) is 1. The van der Waals surface area contributed by atoms with Gasteiger partial charge in [-0.15, -0.1) is 0 Å². The van der Waals surface area contributed by atoms with E-state index in [1.165, 1.54) is 24.1 Å². The van der Waals surface area contributed by atoms with Crippen molar-refractivity contribution in [3.63, 3.8) is 0 Å². The molecule has 0 aliphatic carbocycles. The van der Waals surface area contributed by atoms with Gasteiger partial charge in [-0.2, -0.15) is 8.78 Å². The fraction of sp³-hybridized carbons (Fsp3) is 0.300. The zero-order valence-electron chi connectivity index (χ0n) is 15.9. The molecule has 0 saturated heterocycles. The summed E-state index contributed by atoms with van der Waals surface area (Å²) in [4.78, 5) is 25.6. The molecule has 0 heterocycles. The number of methoxy groups -OCH3 is 1. The molecule has 0 fully saturated rings. The first kappa shape index (κ1) is 21.1. The summed E-state index contributed by atoms with van der Waals surface area (Å²) in [5, 5.41) is 2.70. The van der Waals surface area contributed by atoms with Gasteiger partial charge in [0.25, 0.3) is 5.91 Å². The van der Waals surface area contributed by atoms with Gasteiger partial charge in [0.15, 0.2) is 11.5 Å². The molecular weight excluding hydrogens is 370 g/mol. The lowest BCUT2D eigenvalue weighted by atomic mass is 10.1. The minimum Gasteiger partial charge on any atom is -0.493 e. The fourth-order valence-corrected chi connectivity index (χ4v) is 2.55. The number of carbonyl (C=O) groups is 2. The molecule has 0 aliphatic rings. The van der Waals surface area contributed by atoms with Crippen LogP contribution in [0.4, 0.5) is 14.5 Å². The molecular formula is C20H22F2N2O4. The largest absolute Gasteiger partial charge is 0.493 e. The highest BCUT2D eigenvalue weighted by molar-refractivity contribution is 5.97. The Labute approximate surface area is 162 Å². The van der Waals surface area contributed by atoms with Crippen LogP contribution in [-0.2, 0) is 11.3 Å². The molecule has 0 aliphatic heterocycles. The first-order chi connectivity index (χ1) is 13.3. The number of carbonyl (C=O) groups excluding carboxylic acids is 2. The van der Waals surface area contributed by atoms with Crippen molar-refractivity contribution in [1.29, 1.82) is 0 Å². The van der Waals surface area contributed by atoms with Gasteiger partial charge >= 0.3 is 6.61 Å². The van der Waals surface area contributed by atoms with E-state index >= 15 is 0 Å². The molecule has 8 heteroatoms. The molecule has 2 amide bonds. The third-order valence-corrected chi connectivity index (χ3v) is 3.92. The number of nitrogens with one attached hydrogen (secondary N) is 1. The molecule has 0 bridgehead atoms. The third-order valence-electron chi connectivity index (χ3n) is 3.92. The predicted octanol–water partition coefficient (Wildman–Crippen LogP) is 3.92. The van der Waals surface area contributed by atoms with Crippen LogP contribution in [0.5, 0.6) is 11.5 Å². The summed E-state index contributed by atoms with van der Waals surface area (Å²) in [5.74, 6) is -0.347. The first-order valence-electron chi connectivity index (χ1n) is 8.61. The van der Waals surface area contributed by atoms with Gasteiger partial charge in [0.2, 0.25) is 5.91 Å². The van der Waals surface area contributed by atoms with Crippen LogP contribution in [0.1, 0.15) is 29.3 Å². The van der Waals surface area contributed by atoms with Crippen LogP contribution in [0.25, 0.3) is 0 Å². The van der Waals surface area contributed by atoms with E-state index in [2.05, 4.69) is 10.1 Å². The normalized spacial score (nSPS) is 10.5. The molecule has 2 aromatic rings. The summed E-state index contributed by atoms with van der Waals surface area (Å²) in [5.41, 5.74) is 1.53. The van der Waals surface area contributed by atoms with Gasteiger partial charge in [0.05, 0.1) is 7.11 Å². The van der Waals surface area contributed by atoms with E-state index in [0.717, 1.165) is 0 Å². The van der Waals surface area contributed by atoms with Crippen molar-refractivity contribution in [2.45, 2.75) is 26.5 Å². The summed E-state index contributed by atoms with van der Waals surface area (Å²) in [6.45, 7) is -1.07. The first-order valence-corrected chi connectivity index (χ1v) is 8.61. The van der Waals surface area contributed by atoms with Gasteiger partial charge in [-0.1, -0.05) is 19.1 Å². The Morgan fingerprint density at radius 2 is 1.89 bits per heavy atom. The topological polar surface area (TPSA) is 67.9 Å². The Kier molecular flexibility index (Phi) is 7.31. The second-order valence-corrected chi connectivity index (χ2v) is 6.01. The molecule has 0 spiro atoms. The highest BCUT2D eigenvalue weighted by Gasteiger charge is 2.16. The molecule has 150 valence electrons. The van der Waals surface area contributed by atoms with Gasteiger partial charge in [-0.25, -0.2) is 0 Å². The SMILES string of the molecule is CCC(=O)Nc1cccc(C(=O)N(C)Cc2ccc(OC)c(OC(F)F)c2)c1. The lowest BCUT2D eigenvalue weighted by molar-refractivity contribution is -0.115. The minimum atomic E-state index is -2.98. The van der Waals surface area contributed by atoms with Crippen LogP contribution in [0, 0.1) is 0 Å². The summed E-state index contributed by atoms with van der Waals surface area (Å²) < 4.78 is 34.6. The summed E-state index contributed by atoms with van der Waals surface area (Å²) in [6, 6.07) is 11.2. The molecule has 1 N–H and O–H groups in total. The minimum absolute atomic E-state index is 0.0971. The number of ether oxygens (including phenoxy) is 2. The van der Waals surface area contributed by atoms with Crippen molar-refractivity contribution in [1.82, 2.24) is 4.90 Å². The van der Waals surface area contributed by atoms with Crippen molar-refractivity contribution in [2.24, 2.45) is 0 Å². The number of halogens is 2. The average Bonchev–Trinajstić information content (AvgIpc) is 2.67. The van der Waals surface area contributed by atoms with Crippen LogP contribution in [0.3, 0.4) is 0 Å². The van der Waals surface area contributed by atoms with Crippen LogP contribution >= 0.6 is 0 Å². The monoisotopic (exact) mass is 392 g/mol. The Morgan fingerprint density at radius 1 is 1.14 bits per heavy atom. The van der Waals surface area contributed by atoms with Crippen LogP contribution in [-0.4, -0.2) is 37.5 Å². The standard InChI is InChI=1S/C20H22F2N2O4/c1-4-18(25)23-15-7-5-6-14(11-15)19(26)24(2)12-13-8-9-16(27-3)17(10-13)28-20(21)22/h5-11,20H,4,12H2,1-3H3,(H,23,25). The second-order valence-electron chi connectivity index (χ2n) is 6.01. The predicted molar refractivity (Wildman–Crippen MR) is 101 cm³/mol. The number of alkyl halides is 2. The Hall–Kier alpha value is -3.16. The number of anilines is 1. The van der Waals surface area contributed by atoms with E-state index < -0.39 is 6.61 Å². The highest BCUT2D eigenvalue weighted by Crippen LogP contribution is 2.30. The molecule has 0 atom stereocenters. The molecule has 0 aromatic heterocycles. The quantitative estimate of drug-likeness (QED) is 0.740. The third kappa shape index (κ3) is 5.67. The molecule has 2 aromatic carbocycles. The van der Waals surface area contributed by atoms with E-state index in [-0.39, 0.29) is 29.9 Å². The van der Waals surface area contributed by atoms with Crippen LogP contribution < -0.4 is 14.8 Å². The molecule has 0 saturated carbocycles. The van der Waals surface area contributed by atoms with Crippen molar-refractivity contribution in [3.05, 3.63) is 53.6 Å². The Morgan fingerprint density at radius 3 is 2.54 bits per heavy atom. The zero-order valence-corrected chi connectivity index (χ0v) is 15.9. The van der Waals surface area contributed by atoms with Crippen molar-refractivity contribution < 1.29 is 27.8 Å². The fourth-order valence-electron chi connectivity index (χ4n) is 2.55. The lowest BCUT2D eigenvalue weighted by Crippen LogP contribution is -2.26. The maximum Gasteiger partial charge on any atom is 0.387 e. The molecule has 0 unspecified atom stereocenters. The Bertz CT molecular complexity index is 843. The summed E-state index contributed by atoms with van der Waals surface area (Å²) in [7, 11) is 2.95. The number of hydrogen-bond donors (Lipinski definition) is 1. The van der Waals surface area contributed by atoms with Gasteiger partial charge in [0.1, 0.15) is 0 Å². The van der Waals surface area contributed by atoms with Crippen LogP contribution in [0.2, 0.25) is 0 Å². The molecule has 2 rings (SSSR count). The second kappa shape index (κ2) is 9.68.